The van der Waals surface area contributed by atoms with Gasteiger partial charge in [0.2, 0.25) is 0 Å². The maximum Gasteiger partial charge on any atom is 0.470 e. The summed E-state index contributed by atoms with van der Waals surface area (Å²) in [5.41, 5.74) is 0. The normalized spacial score (nSPS) is 29.3. The van der Waals surface area contributed by atoms with Gasteiger partial charge in [-0.3, -0.25) is 31.7 Å². The lowest BCUT2D eigenvalue weighted by atomic mass is 10.0. The predicted molar refractivity (Wildman–Crippen MR) is 118 cm³/mol. The second-order valence-electron chi connectivity index (χ2n) is 7.42. The number of phosphoric acid groups is 7. The summed E-state index contributed by atoms with van der Waals surface area (Å²) in [5, 5.41) is 0. The molecule has 0 unspecified atom stereocenters. The number of hydrogen-bond acceptors (Lipinski definition) is 14. The Bertz CT molecular complexity index is 976. The van der Waals surface area contributed by atoms with Crippen LogP contribution in [0.25, 0.3) is 0 Å². The highest BCUT2D eigenvalue weighted by Crippen LogP contribution is 2.57. The molecule has 0 aromatic carbocycles. The third-order valence-corrected chi connectivity index (χ3v) is 7.71. The molecule has 0 radical (unpaired) electrons. The first kappa shape index (κ1) is 40.8. The van der Waals surface area contributed by atoms with Gasteiger partial charge in [0.05, 0.1) is 0 Å². The van der Waals surface area contributed by atoms with E-state index in [4.69, 9.17) is 0 Å². The van der Waals surface area contributed by atoms with Crippen LogP contribution in [-0.4, -0.2) is 111 Å². The molecule has 0 aromatic heterocycles. The zero-order valence-corrected chi connectivity index (χ0v) is 25.4. The van der Waals surface area contributed by atoms with Crippen LogP contribution >= 0.6 is 54.8 Å². The zero-order chi connectivity index (χ0) is 33.5. The molecule has 0 aromatic rings. The second kappa shape index (κ2) is 13.9. The van der Waals surface area contributed by atoms with Crippen molar-refractivity contribution in [2.24, 2.45) is 0 Å². The van der Waals surface area contributed by atoms with E-state index in [1.54, 1.807) is 0 Å². The first-order valence-corrected chi connectivity index (χ1v) is 20.1. The highest BCUT2D eigenvalue weighted by molar-refractivity contribution is 7.48. The lowest BCUT2D eigenvalue weighted by Gasteiger charge is -2.36. The quantitative estimate of drug-likeness (QED) is 0.0598. The minimum Gasteiger partial charge on any atom is -0.303 e. The van der Waals surface area contributed by atoms with Crippen LogP contribution in [0.4, 0.5) is 0 Å². The number of hydrogen-bond donors (Lipinski definition) is 14. The third-order valence-electron chi connectivity index (χ3n) is 4.08. The Hall–Kier alpha value is 0.770. The molecule has 0 spiro atoms. The van der Waals surface area contributed by atoms with Crippen molar-refractivity contribution in [1.29, 1.82) is 0 Å². The average molecular weight is 770 g/mol. The van der Waals surface area contributed by atoms with Crippen LogP contribution in [0, 0.1) is 0 Å². The summed E-state index contributed by atoms with van der Waals surface area (Å²) in [5.74, 6) is 0. The Morgan fingerprint density at radius 3 is 0.357 bits per heavy atom. The van der Waals surface area contributed by atoms with E-state index in [2.05, 4.69) is 31.7 Å². The van der Waals surface area contributed by atoms with Gasteiger partial charge in [-0.25, -0.2) is 32.0 Å². The van der Waals surface area contributed by atoms with Crippen molar-refractivity contribution in [3.05, 3.63) is 0 Å². The molecule has 14 N–H and O–H groups in total. The molecule has 0 bridgehead atoms. The molecule has 252 valence electrons. The van der Waals surface area contributed by atoms with E-state index in [0.717, 1.165) is 0 Å². The second-order valence-corrected chi connectivity index (χ2v) is 15.8. The molecule has 0 heterocycles. The summed E-state index contributed by atoms with van der Waals surface area (Å²) >= 11 is 0. The Labute approximate surface area is 230 Å². The van der Waals surface area contributed by atoms with Crippen LogP contribution in [0.15, 0.2) is 0 Å². The zero-order valence-electron chi connectivity index (χ0n) is 19.1. The van der Waals surface area contributed by atoms with Crippen LogP contribution in [0.1, 0.15) is 0 Å². The SMILES string of the molecule is O=P(O)(O)OC1C(OP(=O)(O)O)C(OP(=O)(O)O)C(OP(=O)(O)O)C(OP(=O)(O)O)C(OP(=O)(O)O)C1OP(=O)(O)O. The topological polar surface area (TPSA) is 467 Å². The van der Waals surface area contributed by atoms with Gasteiger partial charge in [0.25, 0.3) is 0 Å². The highest BCUT2D eigenvalue weighted by atomic mass is 31.2. The van der Waals surface area contributed by atoms with E-state index < -0.39 is 97.5 Å². The lowest BCUT2D eigenvalue weighted by Crippen LogP contribution is -2.51. The van der Waals surface area contributed by atoms with Gasteiger partial charge in [0.1, 0.15) is 42.7 Å². The fraction of sp³-hybridized carbons (Fsp3) is 1.00. The number of rotatable bonds is 14. The van der Waals surface area contributed by atoms with E-state index in [0.29, 0.717) is 0 Å². The van der Waals surface area contributed by atoms with E-state index in [1.165, 1.54) is 0 Å². The van der Waals surface area contributed by atoms with E-state index in [1.807, 2.05) is 0 Å². The molecule has 42 heavy (non-hydrogen) atoms. The van der Waals surface area contributed by atoms with Crippen LogP contribution in [0.5, 0.6) is 0 Å². The molecule has 28 nitrogen and oxygen atoms in total. The van der Waals surface area contributed by atoms with Crippen LogP contribution in [0.3, 0.4) is 0 Å². The van der Waals surface area contributed by atoms with Crippen molar-refractivity contribution in [3.63, 3.8) is 0 Å². The Kier molecular flexibility index (Phi) is 13.5. The highest BCUT2D eigenvalue weighted by Gasteiger charge is 2.63. The standard InChI is InChI=1S/C7H21O28P7/c8-36(9,10)29-1-2(30-37(11,12)13)4(32-39(17,18)19)6(34-41(23,24)25)7(35-42(26,27)28)5(33-40(20,21)22)3(1)31-38(14,15)16/h1-7H,(H2,8,9,10)(H2,11,12,13)(H2,14,15,16)(H2,17,18,19)(H2,20,21,22)(H2,23,24,25)(H2,26,27,28). The molecule has 0 saturated heterocycles. The first-order chi connectivity index (χ1) is 18.2. The first-order valence-electron chi connectivity index (χ1n) is 9.34. The molecule has 0 amide bonds. The van der Waals surface area contributed by atoms with E-state index >= 15 is 0 Å². The molecule has 35 heteroatoms. The Morgan fingerprint density at radius 1 is 0.238 bits per heavy atom. The van der Waals surface area contributed by atoms with Crippen molar-refractivity contribution in [3.8, 4) is 0 Å². The van der Waals surface area contributed by atoms with Gasteiger partial charge in [-0.15, -0.1) is 0 Å². The number of phosphoric ester groups is 7. The Balaban J connectivity index is 4.45. The van der Waals surface area contributed by atoms with Gasteiger partial charge in [-0.2, -0.15) is 0 Å². The summed E-state index contributed by atoms with van der Waals surface area (Å²) < 4.78 is 111. The average Bonchev–Trinajstić information content (AvgIpc) is 2.68. The summed E-state index contributed by atoms with van der Waals surface area (Å²) in [6.45, 7) is 0. The van der Waals surface area contributed by atoms with Crippen molar-refractivity contribution in [1.82, 2.24) is 0 Å². The molecular formula is C7H21O28P7. The van der Waals surface area contributed by atoms with Gasteiger partial charge < -0.3 is 68.5 Å². The molecule has 1 aliphatic rings. The van der Waals surface area contributed by atoms with Crippen LogP contribution in [0.2, 0.25) is 0 Å². The largest absolute Gasteiger partial charge is 0.470 e. The monoisotopic (exact) mass is 770 g/mol. The van der Waals surface area contributed by atoms with Gasteiger partial charge in [0, 0.05) is 0 Å². The smallest absolute Gasteiger partial charge is 0.303 e. The van der Waals surface area contributed by atoms with Crippen molar-refractivity contribution < 1.29 is 132 Å². The van der Waals surface area contributed by atoms with Crippen LogP contribution in [-0.2, 0) is 63.6 Å². The predicted octanol–water partition coefficient (Wildman–Crippen LogP) is -3.65. The fourth-order valence-corrected chi connectivity index (χ4v) is 7.16. The molecule has 1 rings (SSSR count). The molecule has 0 aliphatic heterocycles. The van der Waals surface area contributed by atoms with Gasteiger partial charge in [-0.05, 0) is 0 Å². The molecule has 1 aliphatic carbocycles. The van der Waals surface area contributed by atoms with Gasteiger partial charge >= 0.3 is 54.8 Å². The van der Waals surface area contributed by atoms with Crippen molar-refractivity contribution in [2.45, 2.75) is 42.7 Å². The third kappa shape index (κ3) is 15.9. The van der Waals surface area contributed by atoms with E-state index in [-0.39, 0.29) is 0 Å². The minimum absolute atomic E-state index is 3.52. The minimum atomic E-state index is -6.29. The molecule has 1 fully saturated rings. The summed E-state index contributed by atoms with van der Waals surface area (Å²) in [4.78, 5) is 131. The van der Waals surface area contributed by atoms with Crippen molar-refractivity contribution >= 4 is 54.8 Å². The molecular weight excluding hydrogens is 749 g/mol. The molecule has 1 saturated carbocycles. The molecule has 0 atom stereocenters. The summed E-state index contributed by atoms with van der Waals surface area (Å²) in [6.07, 6.45) is -24.6. The van der Waals surface area contributed by atoms with Gasteiger partial charge in [-0.1, -0.05) is 0 Å². The van der Waals surface area contributed by atoms with Crippen LogP contribution < -0.4 is 0 Å². The summed E-state index contributed by atoms with van der Waals surface area (Å²) in [6, 6.07) is 0. The van der Waals surface area contributed by atoms with Gasteiger partial charge in [0.15, 0.2) is 0 Å². The fourth-order valence-electron chi connectivity index (χ4n) is 3.26. The lowest BCUT2D eigenvalue weighted by molar-refractivity contribution is -0.110. The maximum atomic E-state index is 11.7. The van der Waals surface area contributed by atoms with Crippen molar-refractivity contribution in [2.75, 3.05) is 0 Å². The Morgan fingerprint density at radius 2 is 0.310 bits per heavy atom. The maximum absolute atomic E-state index is 11.7. The summed E-state index contributed by atoms with van der Waals surface area (Å²) in [7, 11) is -44.0. The van der Waals surface area contributed by atoms with E-state index in [9.17, 15) is 100 Å².